The van der Waals surface area contributed by atoms with E-state index in [0.717, 1.165) is 11.9 Å². The van der Waals surface area contributed by atoms with Crippen LogP contribution in [0, 0.1) is 0 Å². The van der Waals surface area contributed by atoms with Gasteiger partial charge in [0.2, 0.25) is 5.71 Å². The second-order valence-electron chi connectivity index (χ2n) is 9.08. The first-order valence-corrected chi connectivity index (χ1v) is 10.6. The molecule has 1 aliphatic carbocycles. The van der Waals surface area contributed by atoms with Gasteiger partial charge in [-0.25, -0.2) is 4.98 Å². The summed E-state index contributed by atoms with van der Waals surface area (Å²) >= 11 is 0. The molecule has 1 aromatic carbocycles. The number of benzene rings is 1. The maximum atomic E-state index is 13.0. The summed E-state index contributed by atoms with van der Waals surface area (Å²) in [6, 6.07) is 12.2. The quantitative estimate of drug-likeness (QED) is 0.467. The number of furan rings is 1. The number of hydrogen-bond acceptors (Lipinski definition) is 6. The van der Waals surface area contributed by atoms with E-state index in [0.29, 0.717) is 28.7 Å². The molecule has 10 heteroatoms. The highest BCUT2D eigenvalue weighted by molar-refractivity contribution is 5.98. The van der Waals surface area contributed by atoms with Gasteiger partial charge in [0, 0.05) is 17.3 Å². The summed E-state index contributed by atoms with van der Waals surface area (Å²) in [5.41, 5.74) is 6.08. The Morgan fingerprint density at radius 1 is 1.15 bits per heavy atom. The van der Waals surface area contributed by atoms with Crippen LogP contribution in [0.1, 0.15) is 25.3 Å². The van der Waals surface area contributed by atoms with E-state index in [-0.39, 0.29) is 22.4 Å². The van der Waals surface area contributed by atoms with Gasteiger partial charge >= 0.3 is 6.18 Å². The molecule has 1 saturated carbocycles. The van der Waals surface area contributed by atoms with Gasteiger partial charge in [0.15, 0.2) is 0 Å². The maximum Gasteiger partial charge on any atom is 0.406 e. The Bertz CT molecular complexity index is 1420. The number of aliphatic hydroxyl groups is 1. The van der Waals surface area contributed by atoms with Crippen LogP contribution in [0.5, 0.6) is 0 Å². The Hall–Kier alpha value is -3.50. The molecule has 3 N–H and O–H groups in total. The number of nitrogens with two attached hydrogens (primary N) is 1. The van der Waals surface area contributed by atoms with Crippen molar-refractivity contribution >= 4 is 11.1 Å². The minimum atomic E-state index is -4.59. The maximum absolute atomic E-state index is 13.0. The van der Waals surface area contributed by atoms with Gasteiger partial charge in [-0.1, -0.05) is 30.3 Å². The summed E-state index contributed by atoms with van der Waals surface area (Å²) in [5, 5.41) is 10.0. The van der Waals surface area contributed by atoms with Crippen LogP contribution >= 0.6 is 0 Å². The van der Waals surface area contributed by atoms with E-state index in [4.69, 9.17) is 10.2 Å². The number of aromatic nitrogens is 3. The molecule has 5 rings (SSSR count). The van der Waals surface area contributed by atoms with Crippen molar-refractivity contribution in [2.45, 2.75) is 43.6 Å². The summed E-state index contributed by atoms with van der Waals surface area (Å²) in [6.45, 7) is 0.270. The van der Waals surface area contributed by atoms with E-state index in [2.05, 4.69) is 9.97 Å². The third kappa shape index (κ3) is 3.88. The molecule has 34 heavy (non-hydrogen) atoms. The van der Waals surface area contributed by atoms with Gasteiger partial charge in [0.1, 0.15) is 24.0 Å². The lowest BCUT2D eigenvalue weighted by Crippen LogP contribution is -2.58. The van der Waals surface area contributed by atoms with Crippen LogP contribution in [0.3, 0.4) is 0 Å². The van der Waals surface area contributed by atoms with Gasteiger partial charge in [0.25, 0.3) is 5.56 Å². The summed E-state index contributed by atoms with van der Waals surface area (Å²) in [4.78, 5) is 21.3. The largest absolute Gasteiger partial charge is 0.437 e. The lowest BCUT2D eigenvalue weighted by molar-refractivity contribution is -0.141. The standard InChI is InChI=1S/C24H21F3N4O3/c1-22(33)10-23(28,11-22)15-7-5-14(6-8-15)19-17(16-4-2-3-9-29-16)18-20(34-19)30-13-31(21(18)32)12-24(25,26)27/h2-9,13,33H,10-12,28H2,1H3/t22-,23-. The van der Waals surface area contributed by atoms with Crippen LogP contribution in [0.4, 0.5) is 13.2 Å². The third-order valence-corrected chi connectivity index (χ3v) is 6.06. The predicted octanol–water partition coefficient (Wildman–Crippen LogP) is 3.98. The van der Waals surface area contributed by atoms with E-state index >= 15 is 0 Å². The van der Waals surface area contributed by atoms with Gasteiger partial charge in [-0.2, -0.15) is 13.2 Å². The lowest BCUT2D eigenvalue weighted by Gasteiger charge is -2.49. The van der Waals surface area contributed by atoms with Gasteiger partial charge < -0.3 is 15.3 Å². The van der Waals surface area contributed by atoms with Crippen molar-refractivity contribution in [2.24, 2.45) is 5.73 Å². The first-order chi connectivity index (χ1) is 16.0. The molecule has 0 spiro atoms. The number of fused-ring (bicyclic) bond motifs is 1. The minimum Gasteiger partial charge on any atom is -0.437 e. The highest BCUT2D eigenvalue weighted by Crippen LogP contribution is 2.46. The van der Waals surface area contributed by atoms with Crippen molar-refractivity contribution in [1.82, 2.24) is 14.5 Å². The molecule has 176 valence electrons. The fourth-order valence-electron chi connectivity index (χ4n) is 4.76. The molecule has 0 atom stereocenters. The zero-order valence-electron chi connectivity index (χ0n) is 18.1. The summed E-state index contributed by atoms with van der Waals surface area (Å²) in [5.74, 6) is 0.265. The third-order valence-electron chi connectivity index (χ3n) is 6.06. The topological polar surface area (TPSA) is 107 Å². The Morgan fingerprint density at radius 2 is 1.85 bits per heavy atom. The number of rotatable bonds is 4. The van der Waals surface area contributed by atoms with Crippen molar-refractivity contribution in [3.8, 4) is 22.6 Å². The van der Waals surface area contributed by atoms with Crippen LogP contribution in [0.15, 0.2) is 64.2 Å². The normalized spacial score (nSPS) is 22.6. The van der Waals surface area contributed by atoms with E-state index in [1.807, 2.05) is 12.1 Å². The fourth-order valence-corrected chi connectivity index (χ4v) is 4.76. The molecule has 4 aromatic rings. The number of nitrogens with zero attached hydrogens (tertiary/aromatic N) is 3. The summed E-state index contributed by atoms with van der Waals surface area (Å²) < 4.78 is 45.3. The predicted molar refractivity (Wildman–Crippen MR) is 119 cm³/mol. The van der Waals surface area contributed by atoms with E-state index in [1.54, 1.807) is 37.3 Å². The van der Waals surface area contributed by atoms with Gasteiger partial charge in [-0.05, 0) is 37.5 Å². The van der Waals surface area contributed by atoms with Crippen molar-refractivity contribution in [3.63, 3.8) is 0 Å². The lowest BCUT2D eigenvalue weighted by atomic mass is 9.63. The molecule has 0 unspecified atom stereocenters. The Labute approximate surface area is 191 Å². The van der Waals surface area contributed by atoms with Crippen LogP contribution < -0.4 is 11.3 Å². The molecule has 1 aliphatic rings. The molecule has 0 saturated heterocycles. The van der Waals surface area contributed by atoms with Crippen molar-refractivity contribution in [3.05, 3.63) is 70.9 Å². The molecular formula is C24H21F3N4O3. The van der Waals surface area contributed by atoms with Crippen LogP contribution in [0.25, 0.3) is 33.7 Å². The molecule has 3 heterocycles. The summed E-state index contributed by atoms with van der Waals surface area (Å²) in [6.07, 6.45) is -1.39. The van der Waals surface area contributed by atoms with Crippen LogP contribution in [0.2, 0.25) is 0 Å². The number of halogens is 3. The SMILES string of the molecule is C[C@]1(O)C[C@@](N)(c2ccc(-c3oc4ncn(CC(F)(F)F)c(=O)c4c3-c3ccccn3)cc2)C1. The molecule has 0 bridgehead atoms. The second kappa shape index (κ2) is 7.51. The van der Waals surface area contributed by atoms with E-state index < -0.39 is 29.4 Å². The monoisotopic (exact) mass is 470 g/mol. The highest BCUT2D eigenvalue weighted by atomic mass is 19.4. The van der Waals surface area contributed by atoms with Crippen LogP contribution in [-0.4, -0.2) is 31.4 Å². The van der Waals surface area contributed by atoms with Crippen molar-refractivity contribution < 1.29 is 22.7 Å². The average Bonchev–Trinajstić information content (AvgIpc) is 3.14. The van der Waals surface area contributed by atoms with Gasteiger partial charge in [-0.3, -0.25) is 14.3 Å². The molecule has 7 nitrogen and oxygen atoms in total. The zero-order chi connectivity index (χ0) is 24.3. The summed E-state index contributed by atoms with van der Waals surface area (Å²) in [7, 11) is 0. The molecule has 0 radical (unpaired) electrons. The number of alkyl halides is 3. The Morgan fingerprint density at radius 3 is 2.44 bits per heavy atom. The molecule has 0 aliphatic heterocycles. The van der Waals surface area contributed by atoms with E-state index in [1.165, 1.54) is 6.20 Å². The average molecular weight is 470 g/mol. The second-order valence-corrected chi connectivity index (χ2v) is 9.08. The molecule has 0 amide bonds. The van der Waals surface area contributed by atoms with Crippen molar-refractivity contribution in [2.75, 3.05) is 0 Å². The minimum absolute atomic E-state index is 0.0742. The smallest absolute Gasteiger partial charge is 0.406 e. The zero-order valence-corrected chi connectivity index (χ0v) is 18.1. The molecule has 3 aromatic heterocycles. The van der Waals surface area contributed by atoms with Crippen LogP contribution in [-0.2, 0) is 12.1 Å². The number of pyridine rings is 1. The highest BCUT2D eigenvalue weighted by Gasteiger charge is 2.49. The van der Waals surface area contributed by atoms with Gasteiger partial charge in [0.05, 0.1) is 16.9 Å². The van der Waals surface area contributed by atoms with Crippen molar-refractivity contribution in [1.29, 1.82) is 0 Å². The molecule has 1 fully saturated rings. The Balaban J connectivity index is 1.66. The Kier molecular flexibility index (Phi) is 4.92. The fraction of sp³-hybridized carbons (Fsp3) is 0.292. The number of hydrogen-bond donors (Lipinski definition) is 2. The first kappa shape index (κ1) is 22.3. The molecular weight excluding hydrogens is 449 g/mol. The van der Waals surface area contributed by atoms with E-state index in [9.17, 15) is 23.1 Å². The van der Waals surface area contributed by atoms with Gasteiger partial charge in [-0.15, -0.1) is 0 Å². The first-order valence-electron chi connectivity index (χ1n) is 10.6.